The Morgan fingerprint density at radius 2 is 1.94 bits per heavy atom. The lowest BCUT2D eigenvalue weighted by Gasteiger charge is -2.35. The third-order valence-electron chi connectivity index (χ3n) is 6.32. The Hall–Kier alpha value is -3.79. The van der Waals surface area contributed by atoms with Crippen molar-refractivity contribution >= 4 is 29.1 Å². The molecule has 2 aliphatic heterocycles. The Morgan fingerprint density at radius 1 is 1.17 bits per heavy atom. The Bertz CT molecular complexity index is 1470. The SMILES string of the molecule is O=C(NCc1ccc(F)c(Cl)c1F)c1cn2c(c(O)c1=O)C(=O)N1C[C@@H]2CCc2cc(F)ccc21. The summed E-state index contributed by atoms with van der Waals surface area (Å²) in [5.41, 5.74) is -0.774. The van der Waals surface area contributed by atoms with Crippen LogP contribution in [-0.2, 0) is 13.0 Å². The van der Waals surface area contributed by atoms with Crippen molar-refractivity contribution in [2.24, 2.45) is 0 Å². The molecule has 0 saturated heterocycles. The minimum absolute atomic E-state index is 0.105. The molecule has 2 N–H and O–H groups in total. The number of hydrogen-bond donors (Lipinski definition) is 2. The monoisotopic (exact) mass is 503 g/mol. The van der Waals surface area contributed by atoms with Crippen LogP contribution < -0.4 is 15.6 Å². The molecule has 0 saturated carbocycles. The van der Waals surface area contributed by atoms with Crippen LogP contribution in [0.15, 0.2) is 41.3 Å². The van der Waals surface area contributed by atoms with E-state index in [1.54, 1.807) is 0 Å². The molecule has 3 heterocycles. The lowest BCUT2D eigenvalue weighted by molar-refractivity contribution is 0.0929. The standard InChI is InChI=1S/C24H17ClF3N3O4/c25-18-16(27)5-2-12(19(18)28)8-29-23(34)15-10-30-14-4-1-11-7-13(26)3-6-17(11)31(9-14)24(35)20(30)22(33)21(15)32/h2-3,5-7,10,14,33H,1,4,8-9H2,(H,29,34)/t14-/m0/s1. The molecule has 2 bridgehead atoms. The summed E-state index contributed by atoms with van der Waals surface area (Å²) in [5.74, 6) is -4.91. The lowest BCUT2D eigenvalue weighted by Crippen LogP contribution is -2.44. The van der Waals surface area contributed by atoms with Gasteiger partial charge in [-0.25, -0.2) is 13.2 Å². The number of aryl methyl sites for hydroxylation is 1. The molecule has 0 fully saturated rings. The van der Waals surface area contributed by atoms with E-state index in [2.05, 4.69) is 5.32 Å². The third-order valence-corrected chi connectivity index (χ3v) is 6.67. The first kappa shape index (κ1) is 23.0. The Labute approximate surface area is 201 Å². The molecule has 2 amide bonds. The van der Waals surface area contributed by atoms with Crippen LogP contribution >= 0.6 is 11.6 Å². The molecule has 7 nitrogen and oxygen atoms in total. The van der Waals surface area contributed by atoms with E-state index < -0.39 is 63.6 Å². The predicted molar refractivity (Wildman–Crippen MR) is 120 cm³/mol. The molecule has 0 aliphatic carbocycles. The zero-order valence-corrected chi connectivity index (χ0v) is 18.7. The van der Waals surface area contributed by atoms with Gasteiger partial charge in [0.25, 0.3) is 11.8 Å². The van der Waals surface area contributed by atoms with Crippen molar-refractivity contribution < 1.29 is 27.9 Å². The molecule has 3 aromatic rings. The van der Waals surface area contributed by atoms with Gasteiger partial charge in [-0.05, 0) is 42.7 Å². The van der Waals surface area contributed by atoms with E-state index in [1.165, 1.54) is 33.9 Å². The van der Waals surface area contributed by atoms with Gasteiger partial charge in [-0.2, -0.15) is 0 Å². The van der Waals surface area contributed by atoms with Gasteiger partial charge in [0.05, 0.1) is 6.04 Å². The van der Waals surface area contributed by atoms with Crippen LogP contribution in [0.2, 0.25) is 5.02 Å². The van der Waals surface area contributed by atoms with Crippen LogP contribution in [0.3, 0.4) is 0 Å². The van der Waals surface area contributed by atoms with Crippen molar-refractivity contribution in [3.63, 3.8) is 0 Å². The van der Waals surface area contributed by atoms with Crippen LogP contribution in [-0.4, -0.2) is 28.0 Å². The van der Waals surface area contributed by atoms with Crippen LogP contribution in [0, 0.1) is 17.5 Å². The maximum Gasteiger partial charge on any atom is 0.279 e. The highest BCUT2D eigenvalue weighted by Crippen LogP contribution is 2.37. The predicted octanol–water partition coefficient (Wildman–Crippen LogP) is 3.70. The summed E-state index contributed by atoms with van der Waals surface area (Å²) in [4.78, 5) is 40.2. The third kappa shape index (κ3) is 3.74. The van der Waals surface area contributed by atoms with Crippen LogP contribution in [0.1, 0.15) is 44.4 Å². The summed E-state index contributed by atoms with van der Waals surface area (Å²) in [7, 11) is 0. The van der Waals surface area contributed by atoms with Gasteiger partial charge in [-0.3, -0.25) is 14.4 Å². The number of aromatic hydroxyl groups is 1. The van der Waals surface area contributed by atoms with Gasteiger partial charge in [0.1, 0.15) is 28.0 Å². The second kappa shape index (κ2) is 8.46. The number of aromatic nitrogens is 1. The number of halogens is 4. The average molecular weight is 504 g/mol. The van der Waals surface area contributed by atoms with Gasteiger partial charge in [-0.15, -0.1) is 0 Å². The Morgan fingerprint density at radius 3 is 2.71 bits per heavy atom. The fraction of sp³-hybridized carbons (Fsp3) is 0.208. The summed E-state index contributed by atoms with van der Waals surface area (Å²) in [6.07, 6.45) is 2.08. The first-order chi connectivity index (χ1) is 16.7. The van der Waals surface area contributed by atoms with Gasteiger partial charge >= 0.3 is 0 Å². The summed E-state index contributed by atoms with van der Waals surface area (Å²) in [6.45, 7) is -0.198. The van der Waals surface area contributed by atoms with Gasteiger partial charge in [0, 0.05) is 30.5 Å². The van der Waals surface area contributed by atoms with E-state index in [-0.39, 0.29) is 17.8 Å². The molecule has 0 spiro atoms. The molecule has 0 radical (unpaired) electrons. The fourth-order valence-electron chi connectivity index (χ4n) is 4.54. The highest BCUT2D eigenvalue weighted by atomic mass is 35.5. The highest BCUT2D eigenvalue weighted by molar-refractivity contribution is 6.31. The van der Waals surface area contributed by atoms with E-state index in [0.29, 0.717) is 24.1 Å². The van der Waals surface area contributed by atoms with E-state index in [4.69, 9.17) is 11.6 Å². The van der Waals surface area contributed by atoms with Crippen molar-refractivity contribution in [1.82, 2.24) is 9.88 Å². The normalized spacial score (nSPS) is 16.4. The Balaban J connectivity index is 1.49. The van der Waals surface area contributed by atoms with Gasteiger partial charge in [-0.1, -0.05) is 17.7 Å². The second-order valence-electron chi connectivity index (χ2n) is 8.37. The Kier molecular flexibility index (Phi) is 5.55. The van der Waals surface area contributed by atoms with Crippen molar-refractivity contribution in [3.8, 4) is 5.75 Å². The maximum atomic E-state index is 14.1. The quantitative estimate of drug-likeness (QED) is 0.533. The second-order valence-corrected chi connectivity index (χ2v) is 8.75. The minimum Gasteiger partial charge on any atom is -0.503 e. The van der Waals surface area contributed by atoms with Crippen molar-refractivity contribution in [2.75, 3.05) is 11.4 Å². The first-order valence-corrected chi connectivity index (χ1v) is 11.0. The van der Waals surface area contributed by atoms with Crippen molar-refractivity contribution in [2.45, 2.75) is 25.4 Å². The number of rotatable bonds is 3. The van der Waals surface area contributed by atoms with Gasteiger partial charge in [0.15, 0.2) is 11.4 Å². The smallest absolute Gasteiger partial charge is 0.279 e. The minimum atomic E-state index is -1.07. The number of carbonyl (C=O) groups is 2. The van der Waals surface area contributed by atoms with E-state index in [0.717, 1.165) is 12.1 Å². The molecule has 1 atom stereocenters. The molecule has 0 unspecified atom stereocenters. The van der Waals surface area contributed by atoms with Crippen molar-refractivity contribution in [3.05, 3.63) is 91.6 Å². The van der Waals surface area contributed by atoms with E-state index >= 15 is 0 Å². The molecule has 35 heavy (non-hydrogen) atoms. The molecule has 180 valence electrons. The fourth-order valence-corrected chi connectivity index (χ4v) is 4.73. The number of nitrogens with zero attached hydrogens (tertiary/aromatic N) is 2. The topological polar surface area (TPSA) is 91.6 Å². The summed E-state index contributed by atoms with van der Waals surface area (Å²) < 4.78 is 42.7. The molecule has 1 aromatic heterocycles. The number of benzene rings is 2. The zero-order valence-electron chi connectivity index (χ0n) is 17.9. The number of amides is 2. The summed E-state index contributed by atoms with van der Waals surface area (Å²) in [6, 6.07) is 5.71. The number of anilines is 1. The van der Waals surface area contributed by atoms with Crippen LogP contribution in [0.4, 0.5) is 18.9 Å². The molecular formula is C24H17ClF3N3O4. The summed E-state index contributed by atoms with van der Waals surface area (Å²) in [5, 5.41) is 12.3. The van der Waals surface area contributed by atoms with Gasteiger partial charge in [0.2, 0.25) is 5.43 Å². The molecule has 2 aromatic carbocycles. The maximum absolute atomic E-state index is 14.1. The largest absolute Gasteiger partial charge is 0.503 e. The first-order valence-electron chi connectivity index (χ1n) is 10.7. The van der Waals surface area contributed by atoms with Crippen LogP contribution in [0.5, 0.6) is 5.75 Å². The average Bonchev–Trinajstić information content (AvgIpc) is 3.00. The molecular weight excluding hydrogens is 487 g/mol. The van der Waals surface area contributed by atoms with Crippen molar-refractivity contribution in [1.29, 1.82) is 0 Å². The number of nitrogens with one attached hydrogen (secondary N) is 1. The van der Waals surface area contributed by atoms with E-state index in [1.807, 2.05) is 0 Å². The van der Waals surface area contributed by atoms with E-state index in [9.17, 15) is 32.7 Å². The summed E-state index contributed by atoms with van der Waals surface area (Å²) >= 11 is 5.55. The lowest BCUT2D eigenvalue weighted by atomic mass is 10.0. The number of fused-ring (bicyclic) bond motifs is 6. The molecule has 2 aliphatic rings. The van der Waals surface area contributed by atoms with Crippen LogP contribution in [0.25, 0.3) is 0 Å². The molecule has 5 rings (SSSR count). The number of carbonyl (C=O) groups excluding carboxylic acids is 2. The zero-order chi connectivity index (χ0) is 25.0. The number of hydrogen-bond acceptors (Lipinski definition) is 4. The van der Waals surface area contributed by atoms with Gasteiger partial charge < -0.3 is 19.9 Å². The number of pyridine rings is 1. The highest BCUT2D eigenvalue weighted by Gasteiger charge is 2.38. The molecule has 11 heteroatoms.